The van der Waals surface area contributed by atoms with Crippen molar-refractivity contribution in [3.8, 4) is 0 Å². The largest absolute Gasteiger partial charge is 0.370 e. The van der Waals surface area contributed by atoms with E-state index in [1.54, 1.807) is 0 Å². The van der Waals surface area contributed by atoms with E-state index < -0.39 is 6.04 Å². The number of ether oxygens (including phenoxy) is 1. The van der Waals surface area contributed by atoms with Gasteiger partial charge in [0.1, 0.15) is 11.9 Å². The van der Waals surface area contributed by atoms with Gasteiger partial charge in [0, 0.05) is 12.3 Å². The van der Waals surface area contributed by atoms with Crippen LogP contribution in [0.3, 0.4) is 0 Å². The summed E-state index contributed by atoms with van der Waals surface area (Å²) >= 11 is 0. The number of benzene rings is 1. The van der Waals surface area contributed by atoms with Gasteiger partial charge in [-0.1, -0.05) is 20.8 Å². The number of nitrogens with zero attached hydrogens (tertiary/aromatic N) is 1. The fraction of sp³-hybridized carbons (Fsp3) is 0.529. The highest BCUT2D eigenvalue weighted by molar-refractivity contribution is 5.96. The van der Waals surface area contributed by atoms with Gasteiger partial charge in [-0.2, -0.15) is 0 Å². The Morgan fingerprint density at radius 3 is 2.72 bits per heavy atom. The number of imidazole rings is 1. The number of carbonyl (C=O) groups excluding carboxylic acids is 1. The Kier molecular flexibility index (Phi) is 7.26. The Morgan fingerprint density at radius 2 is 2.12 bits per heavy atom. The second-order valence-electron chi connectivity index (χ2n) is 7.19. The SMILES string of the molecule is CC(C)(C)[C@H](N)C(=O)Nc1ccc2nc(C3CCCO3)[nH]c2c1.Cl.Cl. The summed E-state index contributed by atoms with van der Waals surface area (Å²) < 4.78 is 5.65. The number of H-pyrrole nitrogens is 1. The van der Waals surface area contributed by atoms with Gasteiger partial charge in [-0.05, 0) is 36.5 Å². The fourth-order valence-corrected chi connectivity index (χ4v) is 2.67. The summed E-state index contributed by atoms with van der Waals surface area (Å²) in [6.45, 7) is 6.63. The molecule has 1 saturated heterocycles. The van der Waals surface area contributed by atoms with Crippen molar-refractivity contribution in [2.24, 2.45) is 11.1 Å². The molecule has 2 heterocycles. The molecule has 0 spiro atoms. The second-order valence-corrected chi connectivity index (χ2v) is 7.19. The Balaban J connectivity index is 0.00000156. The highest BCUT2D eigenvalue weighted by Crippen LogP contribution is 2.29. The van der Waals surface area contributed by atoms with E-state index in [2.05, 4.69) is 15.3 Å². The van der Waals surface area contributed by atoms with E-state index in [1.807, 2.05) is 39.0 Å². The zero-order valence-corrected chi connectivity index (χ0v) is 16.3. The second kappa shape index (κ2) is 8.36. The lowest BCUT2D eigenvalue weighted by atomic mass is 9.87. The maximum absolute atomic E-state index is 12.2. The first-order valence-corrected chi connectivity index (χ1v) is 8.02. The average Bonchev–Trinajstić information content (AvgIpc) is 3.13. The lowest BCUT2D eigenvalue weighted by Gasteiger charge is -2.25. The van der Waals surface area contributed by atoms with Crippen molar-refractivity contribution in [2.75, 3.05) is 11.9 Å². The predicted octanol–water partition coefficient (Wildman–Crippen LogP) is 3.57. The van der Waals surface area contributed by atoms with Crippen LogP contribution in [0.1, 0.15) is 45.5 Å². The molecular formula is C17H26Cl2N4O2. The van der Waals surface area contributed by atoms with Crippen LogP contribution in [0.5, 0.6) is 0 Å². The van der Waals surface area contributed by atoms with Crippen molar-refractivity contribution in [2.45, 2.75) is 45.8 Å². The third kappa shape index (κ3) is 4.85. The van der Waals surface area contributed by atoms with Crippen LogP contribution in [0, 0.1) is 5.41 Å². The molecule has 1 fully saturated rings. The molecule has 0 aliphatic carbocycles. The molecule has 2 atom stereocenters. The number of hydrogen-bond acceptors (Lipinski definition) is 4. The van der Waals surface area contributed by atoms with E-state index >= 15 is 0 Å². The van der Waals surface area contributed by atoms with Crippen LogP contribution in [0.25, 0.3) is 11.0 Å². The summed E-state index contributed by atoms with van der Waals surface area (Å²) in [4.78, 5) is 20.1. The molecule has 140 valence electrons. The van der Waals surface area contributed by atoms with Crippen molar-refractivity contribution in [3.05, 3.63) is 24.0 Å². The minimum atomic E-state index is -0.567. The summed E-state index contributed by atoms with van der Waals surface area (Å²) in [6.07, 6.45) is 2.10. The van der Waals surface area contributed by atoms with Gasteiger partial charge in [-0.15, -0.1) is 24.8 Å². The number of carbonyl (C=O) groups is 1. The van der Waals surface area contributed by atoms with Crippen molar-refractivity contribution >= 4 is 47.4 Å². The van der Waals surface area contributed by atoms with Crippen molar-refractivity contribution in [1.82, 2.24) is 9.97 Å². The standard InChI is InChI=1S/C17H24N4O2.2ClH/c1-17(2,3)14(18)16(22)19-10-6-7-11-12(9-10)21-15(20-11)13-5-4-8-23-13;;/h6-7,9,13-14H,4-5,8,18H2,1-3H3,(H,19,22)(H,20,21);2*1H/t13?,14-;;/m1../s1. The van der Waals surface area contributed by atoms with Crippen LogP contribution in [-0.2, 0) is 9.53 Å². The highest BCUT2D eigenvalue weighted by atomic mass is 35.5. The molecular weight excluding hydrogens is 363 g/mol. The lowest BCUT2D eigenvalue weighted by molar-refractivity contribution is -0.119. The molecule has 4 N–H and O–H groups in total. The van der Waals surface area contributed by atoms with Gasteiger partial charge in [0.25, 0.3) is 0 Å². The smallest absolute Gasteiger partial charge is 0.241 e. The summed E-state index contributed by atoms with van der Waals surface area (Å²) in [5.41, 5.74) is 8.18. The quantitative estimate of drug-likeness (QED) is 0.748. The van der Waals surface area contributed by atoms with Gasteiger partial charge < -0.3 is 20.8 Å². The molecule has 8 heteroatoms. The fourth-order valence-electron chi connectivity index (χ4n) is 2.67. The van der Waals surface area contributed by atoms with Crippen LogP contribution in [-0.4, -0.2) is 28.5 Å². The minimum absolute atomic E-state index is 0. The van der Waals surface area contributed by atoms with E-state index in [1.165, 1.54) is 0 Å². The number of nitrogens with two attached hydrogens (primary N) is 1. The van der Waals surface area contributed by atoms with Crippen molar-refractivity contribution in [1.29, 1.82) is 0 Å². The van der Waals surface area contributed by atoms with E-state index in [0.717, 1.165) is 36.3 Å². The number of hydrogen-bond donors (Lipinski definition) is 3. The summed E-state index contributed by atoms with van der Waals surface area (Å²) in [7, 11) is 0. The van der Waals surface area contributed by atoms with Gasteiger partial charge in [0.2, 0.25) is 5.91 Å². The Hall–Kier alpha value is -1.34. The first kappa shape index (κ1) is 21.7. The van der Waals surface area contributed by atoms with Crippen LogP contribution in [0.15, 0.2) is 18.2 Å². The maximum Gasteiger partial charge on any atom is 0.241 e. The molecule has 0 bridgehead atoms. The van der Waals surface area contributed by atoms with Gasteiger partial charge in [0.05, 0.1) is 17.1 Å². The van der Waals surface area contributed by atoms with Gasteiger partial charge in [-0.3, -0.25) is 4.79 Å². The molecule has 0 saturated carbocycles. The third-order valence-electron chi connectivity index (χ3n) is 4.22. The lowest BCUT2D eigenvalue weighted by Crippen LogP contribution is -2.45. The number of aromatic nitrogens is 2. The minimum Gasteiger partial charge on any atom is -0.370 e. The van der Waals surface area contributed by atoms with Crippen LogP contribution in [0.4, 0.5) is 5.69 Å². The Bertz CT molecular complexity index is 721. The summed E-state index contributed by atoms with van der Waals surface area (Å²) in [5, 5.41) is 2.88. The third-order valence-corrected chi connectivity index (χ3v) is 4.22. The van der Waals surface area contributed by atoms with E-state index in [4.69, 9.17) is 10.5 Å². The first-order valence-electron chi connectivity index (χ1n) is 8.02. The number of nitrogens with one attached hydrogen (secondary N) is 2. The molecule has 1 aliphatic heterocycles. The normalized spacial score (nSPS) is 18.3. The van der Waals surface area contributed by atoms with Gasteiger partial charge >= 0.3 is 0 Å². The molecule has 1 aromatic heterocycles. The molecule has 1 aliphatic rings. The molecule has 25 heavy (non-hydrogen) atoms. The van der Waals surface area contributed by atoms with Crippen LogP contribution < -0.4 is 11.1 Å². The monoisotopic (exact) mass is 388 g/mol. The number of halogens is 2. The number of rotatable bonds is 3. The van der Waals surface area contributed by atoms with Crippen LogP contribution >= 0.6 is 24.8 Å². The Labute approximate surface area is 160 Å². The number of amides is 1. The number of aromatic amines is 1. The molecule has 6 nitrogen and oxygen atoms in total. The molecule has 0 radical (unpaired) electrons. The molecule has 3 rings (SSSR count). The molecule has 1 aromatic carbocycles. The van der Waals surface area contributed by atoms with Crippen LogP contribution in [0.2, 0.25) is 0 Å². The maximum atomic E-state index is 12.2. The zero-order chi connectivity index (χ0) is 16.6. The zero-order valence-electron chi connectivity index (χ0n) is 14.7. The van der Waals surface area contributed by atoms with Crippen molar-refractivity contribution < 1.29 is 9.53 Å². The van der Waals surface area contributed by atoms with E-state index in [9.17, 15) is 4.79 Å². The molecule has 1 unspecified atom stereocenters. The number of fused-ring (bicyclic) bond motifs is 1. The number of anilines is 1. The van der Waals surface area contributed by atoms with Crippen molar-refractivity contribution in [3.63, 3.8) is 0 Å². The summed E-state index contributed by atoms with van der Waals surface area (Å²) in [5.74, 6) is 0.670. The van der Waals surface area contributed by atoms with Gasteiger partial charge in [0.15, 0.2) is 0 Å². The predicted molar refractivity (Wildman–Crippen MR) is 105 cm³/mol. The molecule has 1 amide bonds. The van der Waals surface area contributed by atoms with E-state index in [0.29, 0.717) is 5.69 Å². The highest BCUT2D eigenvalue weighted by Gasteiger charge is 2.27. The topological polar surface area (TPSA) is 93.0 Å². The van der Waals surface area contributed by atoms with E-state index in [-0.39, 0.29) is 42.2 Å². The average molecular weight is 389 g/mol. The molecule has 2 aromatic rings. The first-order chi connectivity index (χ1) is 10.8. The Morgan fingerprint density at radius 1 is 1.40 bits per heavy atom. The summed E-state index contributed by atoms with van der Waals surface area (Å²) in [6, 6.07) is 5.05. The van der Waals surface area contributed by atoms with Gasteiger partial charge in [-0.25, -0.2) is 4.98 Å².